The molecule has 3 aromatic rings. The van der Waals surface area contributed by atoms with E-state index in [-0.39, 0.29) is 19.2 Å². The Kier molecular flexibility index (Phi) is 7.59. The predicted molar refractivity (Wildman–Crippen MR) is 141 cm³/mol. The summed E-state index contributed by atoms with van der Waals surface area (Å²) < 4.78 is 11.1. The van der Waals surface area contributed by atoms with E-state index in [1.54, 1.807) is 25.2 Å². The van der Waals surface area contributed by atoms with Crippen LogP contribution in [-0.2, 0) is 24.6 Å². The van der Waals surface area contributed by atoms with Crippen molar-refractivity contribution in [3.8, 4) is 10.4 Å². The van der Waals surface area contributed by atoms with Crippen LogP contribution >= 0.6 is 11.3 Å². The molecule has 0 fully saturated rings. The van der Waals surface area contributed by atoms with Gasteiger partial charge in [-0.15, -0.1) is 11.3 Å². The normalized spacial score (nSPS) is 21.6. The van der Waals surface area contributed by atoms with Crippen LogP contribution < -0.4 is 5.32 Å². The molecule has 1 aliphatic rings. The van der Waals surface area contributed by atoms with Gasteiger partial charge in [0.05, 0.1) is 35.3 Å². The molecule has 0 saturated carbocycles. The number of carbonyl (C=O) groups excluding carboxylic acids is 2. The molecule has 0 bridgehead atoms. The standard InChI is InChI=1S/C29H32N2O4S/c1-6-34-26(32)22-18(3)31-29(5,28-30-19(4)25(36-28)21-16-12-9-13-17-21)24(27(33)35-7-2)23(22)20-14-10-8-11-15-20/h8-17,23-24,31H,6-7H2,1-5H3. The molecule has 7 heteroatoms. The zero-order chi connectivity index (χ0) is 25.9. The summed E-state index contributed by atoms with van der Waals surface area (Å²) in [6.45, 7) is 9.86. The van der Waals surface area contributed by atoms with Crippen LogP contribution in [0.25, 0.3) is 10.4 Å². The molecule has 2 heterocycles. The summed E-state index contributed by atoms with van der Waals surface area (Å²) in [4.78, 5) is 32.9. The van der Waals surface area contributed by atoms with Gasteiger partial charge in [-0.1, -0.05) is 60.7 Å². The third kappa shape index (κ3) is 4.67. The van der Waals surface area contributed by atoms with E-state index in [4.69, 9.17) is 14.5 Å². The smallest absolute Gasteiger partial charge is 0.336 e. The molecule has 188 valence electrons. The maximum atomic E-state index is 13.7. The Bertz CT molecular complexity index is 1270. The third-order valence-corrected chi connectivity index (χ3v) is 8.03. The second-order valence-electron chi connectivity index (χ2n) is 9.00. The van der Waals surface area contributed by atoms with Crippen LogP contribution in [-0.4, -0.2) is 30.1 Å². The summed E-state index contributed by atoms with van der Waals surface area (Å²) in [6, 6.07) is 19.7. The fourth-order valence-corrected chi connectivity index (χ4v) is 6.26. The van der Waals surface area contributed by atoms with Crippen molar-refractivity contribution in [2.75, 3.05) is 13.2 Å². The summed E-state index contributed by atoms with van der Waals surface area (Å²) in [5.41, 5.74) is 3.00. The van der Waals surface area contributed by atoms with Gasteiger partial charge in [-0.25, -0.2) is 9.78 Å². The first kappa shape index (κ1) is 25.6. The van der Waals surface area contributed by atoms with E-state index in [0.29, 0.717) is 11.3 Å². The Morgan fingerprint density at radius 1 is 0.972 bits per heavy atom. The number of ether oxygens (including phenoxy) is 2. The van der Waals surface area contributed by atoms with Gasteiger partial charge >= 0.3 is 11.9 Å². The van der Waals surface area contributed by atoms with E-state index >= 15 is 0 Å². The maximum absolute atomic E-state index is 13.7. The third-order valence-electron chi connectivity index (χ3n) is 6.59. The fourth-order valence-electron chi connectivity index (χ4n) is 5.04. The van der Waals surface area contributed by atoms with E-state index in [0.717, 1.165) is 26.7 Å². The van der Waals surface area contributed by atoms with E-state index in [9.17, 15) is 9.59 Å². The minimum Gasteiger partial charge on any atom is -0.466 e. The number of hydrogen-bond acceptors (Lipinski definition) is 7. The minimum atomic E-state index is -0.921. The van der Waals surface area contributed by atoms with E-state index in [1.165, 1.54) is 0 Å². The van der Waals surface area contributed by atoms with Crippen LogP contribution in [0.2, 0.25) is 0 Å². The number of aryl methyl sites for hydroxylation is 1. The number of thiazole rings is 1. The van der Waals surface area contributed by atoms with Crippen LogP contribution in [0.15, 0.2) is 71.9 Å². The molecule has 0 amide bonds. The summed E-state index contributed by atoms with van der Waals surface area (Å²) in [6.07, 6.45) is 0. The summed E-state index contributed by atoms with van der Waals surface area (Å²) in [5, 5.41) is 4.27. The molecule has 2 aromatic carbocycles. The lowest BCUT2D eigenvalue weighted by Gasteiger charge is -2.45. The van der Waals surface area contributed by atoms with E-state index in [1.807, 2.05) is 69.3 Å². The van der Waals surface area contributed by atoms with Crippen LogP contribution in [0.1, 0.15) is 49.9 Å². The van der Waals surface area contributed by atoms with Gasteiger partial charge in [0.2, 0.25) is 0 Å². The molecule has 1 aliphatic heterocycles. The van der Waals surface area contributed by atoms with Gasteiger partial charge in [0.15, 0.2) is 0 Å². The number of allylic oxidation sites excluding steroid dienone is 1. The van der Waals surface area contributed by atoms with Crippen LogP contribution in [0.4, 0.5) is 0 Å². The van der Waals surface area contributed by atoms with Crippen molar-refractivity contribution < 1.29 is 19.1 Å². The Morgan fingerprint density at radius 2 is 1.58 bits per heavy atom. The van der Waals surface area contributed by atoms with Crippen molar-refractivity contribution in [3.05, 3.63) is 88.2 Å². The quantitative estimate of drug-likeness (QED) is 0.414. The Balaban J connectivity index is 1.94. The Labute approximate surface area is 216 Å². The highest BCUT2D eigenvalue weighted by Crippen LogP contribution is 2.50. The Morgan fingerprint density at radius 3 is 2.19 bits per heavy atom. The SMILES string of the molecule is CCOC(=O)C1=C(C)NC(C)(c2nc(C)c(-c3ccccc3)s2)C(C(=O)OCC)C1c1ccccc1. The number of carbonyl (C=O) groups is 2. The minimum absolute atomic E-state index is 0.233. The zero-order valence-corrected chi connectivity index (χ0v) is 22.1. The van der Waals surface area contributed by atoms with E-state index < -0.39 is 23.3 Å². The lowest BCUT2D eigenvalue weighted by molar-refractivity contribution is -0.152. The highest BCUT2D eigenvalue weighted by atomic mass is 32.1. The molecule has 0 radical (unpaired) electrons. The molecule has 4 rings (SSSR count). The van der Waals surface area contributed by atoms with E-state index in [2.05, 4.69) is 17.4 Å². The highest BCUT2D eigenvalue weighted by Gasteiger charge is 2.54. The molecule has 3 atom stereocenters. The average Bonchev–Trinajstić information content (AvgIpc) is 3.27. The number of rotatable bonds is 7. The monoisotopic (exact) mass is 504 g/mol. The molecule has 0 aliphatic carbocycles. The largest absolute Gasteiger partial charge is 0.466 e. The molecule has 36 heavy (non-hydrogen) atoms. The summed E-state index contributed by atoms with van der Waals surface area (Å²) >= 11 is 1.56. The number of aromatic nitrogens is 1. The van der Waals surface area contributed by atoms with Gasteiger partial charge in [0, 0.05) is 11.6 Å². The molecular weight excluding hydrogens is 472 g/mol. The lowest BCUT2D eigenvalue weighted by atomic mass is 9.67. The van der Waals surface area contributed by atoms with Gasteiger partial charge < -0.3 is 14.8 Å². The van der Waals surface area contributed by atoms with Gasteiger partial charge in [0.25, 0.3) is 0 Å². The maximum Gasteiger partial charge on any atom is 0.336 e. The van der Waals surface area contributed by atoms with Crippen LogP contribution in [0.3, 0.4) is 0 Å². The molecule has 1 N–H and O–H groups in total. The van der Waals surface area contributed by atoms with Gasteiger partial charge in [-0.3, -0.25) is 4.79 Å². The van der Waals surface area contributed by atoms with Crippen molar-refractivity contribution in [2.24, 2.45) is 5.92 Å². The van der Waals surface area contributed by atoms with Gasteiger partial charge in [0.1, 0.15) is 10.5 Å². The summed E-state index contributed by atoms with van der Waals surface area (Å²) in [5.74, 6) is -2.14. The van der Waals surface area contributed by atoms with Crippen LogP contribution in [0.5, 0.6) is 0 Å². The number of nitrogens with zero attached hydrogens (tertiary/aromatic N) is 1. The second kappa shape index (κ2) is 10.7. The fraction of sp³-hybridized carbons (Fsp3) is 0.345. The molecule has 0 spiro atoms. The first-order valence-corrected chi connectivity index (χ1v) is 13.0. The topological polar surface area (TPSA) is 77.5 Å². The first-order chi connectivity index (χ1) is 17.3. The van der Waals surface area contributed by atoms with Crippen molar-refractivity contribution >= 4 is 23.3 Å². The number of benzene rings is 2. The van der Waals surface area contributed by atoms with Crippen molar-refractivity contribution in [2.45, 2.75) is 46.1 Å². The van der Waals surface area contributed by atoms with Crippen molar-refractivity contribution in [1.29, 1.82) is 0 Å². The summed E-state index contributed by atoms with van der Waals surface area (Å²) in [7, 11) is 0. The molecule has 1 aromatic heterocycles. The second-order valence-corrected chi connectivity index (χ2v) is 10.0. The van der Waals surface area contributed by atoms with Crippen LogP contribution in [0, 0.1) is 12.8 Å². The molecular formula is C29H32N2O4S. The Hall–Kier alpha value is -3.45. The molecule has 6 nitrogen and oxygen atoms in total. The van der Waals surface area contributed by atoms with Crippen molar-refractivity contribution in [3.63, 3.8) is 0 Å². The average molecular weight is 505 g/mol. The number of hydrogen-bond donors (Lipinski definition) is 1. The molecule has 0 saturated heterocycles. The first-order valence-electron chi connectivity index (χ1n) is 12.2. The highest BCUT2D eigenvalue weighted by molar-refractivity contribution is 7.15. The number of esters is 2. The van der Waals surface area contributed by atoms with Gasteiger partial charge in [-0.2, -0.15) is 0 Å². The zero-order valence-electron chi connectivity index (χ0n) is 21.3. The number of nitrogens with one attached hydrogen (secondary N) is 1. The van der Waals surface area contributed by atoms with Crippen molar-refractivity contribution in [1.82, 2.24) is 10.3 Å². The molecule has 3 unspecified atom stereocenters. The predicted octanol–water partition coefficient (Wildman–Crippen LogP) is 5.74. The lowest BCUT2D eigenvalue weighted by Crippen LogP contribution is -2.55. The van der Waals surface area contributed by atoms with Gasteiger partial charge in [-0.05, 0) is 45.7 Å².